The lowest BCUT2D eigenvalue weighted by Crippen LogP contribution is -2.35. The summed E-state index contributed by atoms with van der Waals surface area (Å²) in [6.07, 6.45) is -3.49. The molecule has 1 amide bonds. The molecule has 0 aliphatic heterocycles. The van der Waals surface area contributed by atoms with Gasteiger partial charge in [0, 0.05) is 5.69 Å². The number of nitrogens with one attached hydrogen (secondary N) is 1. The van der Waals surface area contributed by atoms with Crippen LogP contribution in [-0.2, 0) is 11.0 Å². The highest BCUT2D eigenvalue weighted by atomic mass is 19.4. The van der Waals surface area contributed by atoms with Gasteiger partial charge in [0.2, 0.25) is 5.91 Å². The second-order valence-electron chi connectivity index (χ2n) is 4.11. The predicted molar refractivity (Wildman–Crippen MR) is 66.3 cm³/mol. The molecule has 0 heterocycles. The van der Waals surface area contributed by atoms with E-state index < -0.39 is 23.7 Å². The van der Waals surface area contributed by atoms with Crippen molar-refractivity contribution in [1.82, 2.24) is 0 Å². The fraction of sp³-hybridized carbons (Fsp3) is 0.417. The van der Waals surface area contributed by atoms with Gasteiger partial charge in [0.25, 0.3) is 0 Å². The van der Waals surface area contributed by atoms with E-state index in [0.717, 1.165) is 12.1 Å². The summed E-state index contributed by atoms with van der Waals surface area (Å²) in [6, 6.07) is 3.90. The molecule has 1 aromatic carbocycles. The van der Waals surface area contributed by atoms with Gasteiger partial charge in [-0.2, -0.15) is 13.2 Å². The summed E-state index contributed by atoms with van der Waals surface area (Å²) in [6.45, 7) is 0.383. The first-order valence-corrected chi connectivity index (χ1v) is 5.77. The minimum Gasteiger partial charge on any atom is -0.374 e. The van der Waals surface area contributed by atoms with E-state index in [9.17, 15) is 18.0 Å². The Morgan fingerprint density at radius 1 is 1.37 bits per heavy atom. The Morgan fingerprint density at radius 3 is 2.58 bits per heavy atom. The number of halogens is 3. The van der Waals surface area contributed by atoms with Crippen molar-refractivity contribution in [2.75, 3.05) is 11.9 Å². The first kappa shape index (κ1) is 15.3. The third kappa shape index (κ3) is 4.78. The van der Waals surface area contributed by atoms with Gasteiger partial charge in [0.1, 0.15) is 6.04 Å². The Kier molecular flexibility index (Phi) is 5.17. The standard InChI is InChI=1S/C12H16F3N3O/c13-12(14,15)8-3-1-4-9(7-8)18-10(11(17)19)5-2-6-16/h1,3-4,7,10,18H,2,5-6,16H2,(H2,17,19)/t10-/m0/s1. The summed E-state index contributed by atoms with van der Waals surface area (Å²) in [5.74, 6) is -0.620. The number of hydrogen-bond donors (Lipinski definition) is 3. The number of rotatable bonds is 6. The average Bonchev–Trinajstić information content (AvgIpc) is 2.33. The molecule has 4 nitrogen and oxygen atoms in total. The SMILES string of the molecule is NCCC[C@H](Nc1cccc(C(F)(F)F)c1)C(N)=O. The summed E-state index contributed by atoms with van der Waals surface area (Å²) < 4.78 is 37.6. The van der Waals surface area contributed by atoms with Gasteiger partial charge in [0.15, 0.2) is 0 Å². The first-order valence-electron chi connectivity index (χ1n) is 5.77. The summed E-state index contributed by atoms with van der Waals surface area (Å²) >= 11 is 0. The minimum atomic E-state index is -4.42. The molecule has 1 rings (SSSR count). The fourth-order valence-corrected chi connectivity index (χ4v) is 1.59. The molecule has 0 aromatic heterocycles. The van der Waals surface area contributed by atoms with E-state index in [0.29, 0.717) is 19.4 Å². The van der Waals surface area contributed by atoms with Gasteiger partial charge in [-0.15, -0.1) is 0 Å². The maximum atomic E-state index is 12.5. The summed E-state index contributed by atoms with van der Waals surface area (Å²) in [5, 5.41) is 2.70. The van der Waals surface area contributed by atoms with Crippen molar-refractivity contribution >= 4 is 11.6 Å². The lowest BCUT2D eigenvalue weighted by atomic mass is 10.1. The Balaban J connectivity index is 2.82. The molecule has 0 spiro atoms. The lowest BCUT2D eigenvalue weighted by molar-refractivity contribution is -0.137. The molecule has 7 heteroatoms. The van der Waals surface area contributed by atoms with Crippen molar-refractivity contribution in [2.45, 2.75) is 25.1 Å². The van der Waals surface area contributed by atoms with Gasteiger partial charge < -0.3 is 16.8 Å². The summed E-state index contributed by atoms with van der Waals surface area (Å²) in [4.78, 5) is 11.2. The number of alkyl halides is 3. The van der Waals surface area contributed by atoms with Crippen molar-refractivity contribution < 1.29 is 18.0 Å². The minimum absolute atomic E-state index is 0.204. The zero-order valence-corrected chi connectivity index (χ0v) is 10.2. The van der Waals surface area contributed by atoms with Crippen molar-refractivity contribution in [3.05, 3.63) is 29.8 Å². The molecule has 19 heavy (non-hydrogen) atoms. The number of carbonyl (C=O) groups is 1. The van der Waals surface area contributed by atoms with Gasteiger partial charge in [-0.25, -0.2) is 0 Å². The number of benzene rings is 1. The van der Waals surface area contributed by atoms with Crippen LogP contribution in [0.1, 0.15) is 18.4 Å². The molecule has 0 aliphatic rings. The summed E-state index contributed by atoms with van der Waals surface area (Å²) in [7, 11) is 0. The van der Waals surface area contributed by atoms with Crippen molar-refractivity contribution in [1.29, 1.82) is 0 Å². The van der Waals surface area contributed by atoms with Crippen LogP contribution in [0.2, 0.25) is 0 Å². The molecule has 0 saturated carbocycles. The average molecular weight is 275 g/mol. The number of primary amides is 1. The Hall–Kier alpha value is -1.76. The van der Waals surface area contributed by atoms with Crippen LogP contribution < -0.4 is 16.8 Å². The van der Waals surface area contributed by atoms with Gasteiger partial charge in [0.05, 0.1) is 5.56 Å². The monoisotopic (exact) mass is 275 g/mol. The zero-order chi connectivity index (χ0) is 14.5. The molecular formula is C12H16F3N3O. The molecule has 1 atom stereocenters. The molecule has 0 unspecified atom stereocenters. The Morgan fingerprint density at radius 2 is 2.05 bits per heavy atom. The molecule has 0 bridgehead atoms. The van der Waals surface area contributed by atoms with Crippen LogP contribution in [0.15, 0.2) is 24.3 Å². The summed E-state index contributed by atoms with van der Waals surface area (Å²) in [5.41, 5.74) is 9.93. The van der Waals surface area contributed by atoms with Crippen LogP contribution in [0.5, 0.6) is 0 Å². The second kappa shape index (κ2) is 6.42. The largest absolute Gasteiger partial charge is 0.416 e. The van der Waals surface area contributed by atoms with Crippen molar-refractivity contribution in [3.63, 3.8) is 0 Å². The normalized spacial score (nSPS) is 13.1. The van der Waals surface area contributed by atoms with E-state index in [1.54, 1.807) is 0 Å². The van der Waals surface area contributed by atoms with Crippen LogP contribution in [0.3, 0.4) is 0 Å². The van der Waals surface area contributed by atoms with E-state index in [-0.39, 0.29) is 5.69 Å². The molecule has 0 saturated heterocycles. The number of hydrogen-bond acceptors (Lipinski definition) is 3. The van der Waals surface area contributed by atoms with Crippen LogP contribution in [0, 0.1) is 0 Å². The van der Waals surface area contributed by atoms with Gasteiger partial charge in [-0.1, -0.05) is 6.07 Å². The number of anilines is 1. The third-order valence-corrected chi connectivity index (χ3v) is 2.57. The molecule has 0 fully saturated rings. The Bertz CT molecular complexity index is 434. The van der Waals surface area contributed by atoms with Crippen molar-refractivity contribution in [2.24, 2.45) is 11.5 Å². The maximum absolute atomic E-state index is 12.5. The molecule has 0 aliphatic carbocycles. The van der Waals surface area contributed by atoms with Gasteiger partial charge in [-0.05, 0) is 37.6 Å². The zero-order valence-electron chi connectivity index (χ0n) is 10.2. The van der Waals surface area contributed by atoms with Gasteiger partial charge in [-0.3, -0.25) is 4.79 Å². The van der Waals surface area contributed by atoms with Crippen LogP contribution >= 0.6 is 0 Å². The number of carbonyl (C=O) groups excluding carboxylic acids is 1. The predicted octanol–water partition coefficient (Wildman–Crippen LogP) is 1.71. The molecule has 106 valence electrons. The van der Waals surface area contributed by atoms with Crippen LogP contribution in [0.25, 0.3) is 0 Å². The van der Waals surface area contributed by atoms with E-state index in [1.165, 1.54) is 12.1 Å². The van der Waals surface area contributed by atoms with Crippen LogP contribution in [0.4, 0.5) is 18.9 Å². The number of amides is 1. The third-order valence-electron chi connectivity index (χ3n) is 2.57. The van der Waals surface area contributed by atoms with E-state index in [2.05, 4.69) is 5.32 Å². The Labute approximate surface area is 109 Å². The van der Waals surface area contributed by atoms with Gasteiger partial charge >= 0.3 is 6.18 Å². The highest BCUT2D eigenvalue weighted by molar-refractivity contribution is 5.82. The second-order valence-corrected chi connectivity index (χ2v) is 4.11. The molecule has 1 aromatic rings. The first-order chi connectivity index (χ1) is 8.84. The van der Waals surface area contributed by atoms with E-state index in [4.69, 9.17) is 11.5 Å². The highest BCUT2D eigenvalue weighted by Crippen LogP contribution is 2.30. The molecule has 0 radical (unpaired) electrons. The highest BCUT2D eigenvalue weighted by Gasteiger charge is 2.30. The van der Waals surface area contributed by atoms with E-state index in [1.807, 2.05) is 0 Å². The number of nitrogens with two attached hydrogens (primary N) is 2. The quantitative estimate of drug-likeness (QED) is 0.739. The van der Waals surface area contributed by atoms with Crippen LogP contribution in [-0.4, -0.2) is 18.5 Å². The topological polar surface area (TPSA) is 81.1 Å². The molecular weight excluding hydrogens is 259 g/mol. The smallest absolute Gasteiger partial charge is 0.374 e. The lowest BCUT2D eigenvalue weighted by Gasteiger charge is -2.17. The van der Waals surface area contributed by atoms with Crippen molar-refractivity contribution in [3.8, 4) is 0 Å². The molecule has 5 N–H and O–H groups in total. The van der Waals surface area contributed by atoms with E-state index >= 15 is 0 Å². The fourth-order valence-electron chi connectivity index (χ4n) is 1.59. The maximum Gasteiger partial charge on any atom is 0.416 e.